The zero-order valence-corrected chi connectivity index (χ0v) is 9.46. The number of fused-ring (bicyclic) bond motifs is 1. The molecule has 2 rings (SSSR count). The lowest BCUT2D eigenvalue weighted by Gasteiger charge is -2.19. The zero-order chi connectivity index (χ0) is 13.1. The number of carboxylic acids is 2. The largest absolute Gasteiger partial charge is 0.486 e. The first kappa shape index (κ1) is 12.2. The second-order valence-electron chi connectivity index (χ2n) is 3.91. The molecule has 0 unspecified atom stereocenters. The summed E-state index contributed by atoms with van der Waals surface area (Å²) in [6.45, 7) is 0.900. The Labute approximate surface area is 103 Å². The van der Waals surface area contributed by atoms with Crippen LogP contribution < -0.4 is 9.47 Å². The SMILES string of the molecule is O=C(O)C(Cc1ccc2c(c1)OCCO2)C(=O)O. The molecule has 2 N–H and O–H groups in total. The van der Waals surface area contributed by atoms with Crippen LogP contribution in [-0.2, 0) is 16.0 Å². The predicted molar refractivity (Wildman–Crippen MR) is 59.9 cm³/mol. The first-order valence-electron chi connectivity index (χ1n) is 5.42. The van der Waals surface area contributed by atoms with Gasteiger partial charge in [-0.2, -0.15) is 0 Å². The lowest BCUT2D eigenvalue weighted by Crippen LogP contribution is -2.25. The van der Waals surface area contributed by atoms with E-state index < -0.39 is 17.9 Å². The van der Waals surface area contributed by atoms with Crippen molar-refractivity contribution in [2.45, 2.75) is 6.42 Å². The van der Waals surface area contributed by atoms with Crippen LogP contribution in [0.1, 0.15) is 5.56 Å². The van der Waals surface area contributed by atoms with E-state index in [4.69, 9.17) is 19.7 Å². The van der Waals surface area contributed by atoms with Crippen LogP contribution in [0.3, 0.4) is 0 Å². The van der Waals surface area contributed by atoms with Crippen LogP contribution in [0.5, 0.6) is 11.5 Å². The van der Waals surface area contributed by atoms with E-state index in [9.17, 15) is 9.59 Å². The quantitative estimate of drug-likeness (QED) is 0.769. The van der Waals surface area contributed by atoms with Crippen molar-refractivity contribution in [3.63, 3.8) is 0 Å². The normalized spacial score (nSPS) is 13.4. The Kier molecular flexibility index (Phi) is 3.36. The molecule has 0 amide bonds. The number of hydrogen-bond acceptors (Lipinski definition) is 4. The molecule has 0 aromatic heterocycles. The van der Waals surface area contributed by atoms with Gasteiger partial charge >= 0.3 is 11.9 Å². The molecule has 0 saturated heterocycles. The van der Waals surface area contributed by atoms with Crippen molar-refractivity contribution in [3.8, 4) is 11.5 Å². The van der Waals surface area contributed by atoms with Crippen LogP contribution in [0, 0.1) is 5.92 Å². The van der Waals surface area contributed by atoms with Crippen LogP contribution in [0.25, 0.3) is 0 Å². The van der Waals surface area contributed by atoms with Gasteiger partial charge in [-0.05, 0) is 24.1 Å². The average Bonchev–Trinajstić information content (AvgIpc) is 2.35. The van der Waals surface area contributed by atoms with Gasteiger partial charge in [0.15, 0.2) is 17.4 Å². The third-order valence-corrected chi connectivity index (χ3v) is 2.64. The van der Waals surface area contributed by atoms with Gasteiger partial charge in [0.2, 0.25) is 0 Å². The van der Waals surface area contributed by atoms with E-state index in [1.165, 1.54) is 0 Å². The molecule has 6 nitrogen and oxygen atoms in total. The van der Waals surface area contributed by atoms with Crippen molar-refractivity contribution in [3.05, 3.63) is 23.8 Å². The Balaban J connectivity index is 2.18. The standard InChI is InChI=1S/C12H12O6/c13-11(14)8(12(15)16)5-7-1-2-9-10(6-7)18-4-3-17-9/h1-2,6,8H,3-5H2,(H,13,14)(H,15,16). The molecule has 0 saturated carbocycles. The first-order chi connectivity index (χ1) is 8.58. The summed E-state index contributed by atoms with van der Waals surface area (Å²) in [5.74, 6) is -3.04. The molecule has 1 aromatic rings. The number of hydrogen-bond donors (Lipinski definition) is 2. The fourth-order valence-electron chi connectivity index (χ4n) is 1.73. The van der Waals surface area contributed by atoms with Crippen molar-refractivity contribution < 1.29 is 29.3 Å². The van der Waals surface area contributed by atoms with E-state index in [-0.39, 0.29) is 6.42 Å². The third-order valence-electron chi connectivity index (χ3n) is 2.64. The van der Waals surface area contributed by atoms with Crippen molar-refractivity contribution in [1.82, 2.24) is 0 Å². The number of benzene rings is 1. The van der Waals surface area contributed by atoms with Gasteiger partial charge in [-0.3, -0.25) is 9.59 Å². The number of carbonyl (C=O) groups is 2. The summed E-state index contributed by atoms with van der Waals surface area (Å²) in [5, 5.41) is 17.6. The Morgan fingerprint density at radius 2 is 1.72 bits per heavy atom. The van der Waals surface area contributed by atoms with Crippen molar-refractivity contribution in [2.75, 3.05) is 13.2 Å². The molecule has 0 atom stereocenters. The van der Waals surface area contributed by atoms with E-state index in [1.807, 2.05) is 0 Å². The fraction of sp³-hybridized carbons (Fsp3) is 0.333. The Bertz CT molecular complexity index is 467. The molecule has 0 fully saturated rings. The Morgan fingerprint density at radius 3 is 2.33 bits per heavy atom. The van der Waals surface area contributed by atoms with Crippen LogP contribution in [0.2, 0.25) is 0 Å². The first-order valence-corrected chi connectivity index (χ1v) is 5.42. The van der Waals surface area contributed by atoms with Crippen LogP contribution >= 0.6 is 0 Å². The fourth-order valence-corrected chi connectivity index (χ4v) is 1.73. The molecule has 6 heteroatoms. The highest BCUT2D eigenvalue weighted by Crippen LogP contribution is 2.31. The maximum atomic E-state index is 10.8. The maximum absolute atomic E-state index is 10.8. The topological polar surface area (TPSA) is 93.1 Å². The second kappa shape index (κ2) is 4.95. The third kappa shape index (κ3) is 2.53. The van der Waals surface area contributed by atoms with Crippen LogP contribution in [0.4, 0.5) is 0 Å². The summed E-state index contributed by atoms with van der Waals surface area (Å²) in [6.07, 6.45) is -0.0820. The molecule has 96 valence electrons. The highest BCUT2D eigenvalue weighted by molar-refractivity contribution is 5.93. The zero-order valence-electron chi connectivity index (χ0n) is 9.46. The number of ether oxygens (including phenoxy) is 2. The van der Waals surface area contributed by atoms with Gasteiger partial charge in [0.25, 0.3) is 0 Å². The van der Waals surface area contributed by atoms with Gasteiger partial charge in [0.1, 0.15) is 13.2 Å². The van der Waals surface area contributed by atoms with Crippen molar-refractivity contribution in [1.29, 1.82) is 0 Å². The molecular weight excluding hydrogens is 240 g/mol. The van der Waals surface area contributed by atoms with Gasteiger partial charge in [-0.15, -0.1) is 0 Å². The van der Waals surface area contributed by atoms with Gasteiger partial charge in [-0.25, -0.2) is 0 Å². The maximum Gasteiger partial charge on any atom is 0.318 e. The lowest BCUT2D eigenvalue weighted by molar-refractivity contribution is -0.154. The summed E-state index contributed by atoms with van der Waals surface area (Å²) in [7, 11) is 0. The highest BCUT2D eigenvalue weighted by Gasteiger charge is 2.26. The van der Waals surface area contributed by atoms with E-state index >= 15 is 0 Å². The molecule has 1 aliphatic heterocycles. The minimum atomic E-state index is -1.45. The average molecular weight is 252 g/mol. The highest BCUT2D eigenvalue weighted by atomic mass is 16.6. The number of carboxylic acid groups (broad SMARTS) is 2. The van der Waals surface area contributed by atoms with E-state index in [1.54, 1.807) is 18.2 Å². The van der Waals surface area contributed by atoms with Gasteiger partial charge in [-0.1, -0.05) is 6.07 Å². The predicted octanol–water partition coefficient (Wildman–Crippen LogP) is 0.786. The van der Waals surface area contributed by atoms with E-state index in [0.29, 0.717) is 30.3 Å². The molecule has 1 heterocycles. The Morgan fingerprint density at radius 1 is 1.11 bits per heavy atom. The van der Waals surface area contributed by atoms with Crippen LogP contribution in [-0.4, -0.2) is 35.4 Å². The minimum Gasteiger partial charge on any atom is -0.486 e. The summed E-state index contributed by atoms with van der Waals surface area (Å²) in [4.78, 5) is 21.6. The lowest BCUT2D eigenvalue weighted by atomic mass is 9.99. The minimum absolute atomic E-state index is 0.0820. The molecule has 0 aliphatic carbocycles. The molecule has 0 spiro atoms. The molecule has 1 aromatic carbocycles. The summed E-state index contributed by atoms with van der Waals surface area (Å²) in [5.41, 5.74) is 0.592. The van der Waals surface area contributed by atoms with Gasteiger partial charge < -0.3 is 19.7 Å². The van der Waals surface area contributed by atoms with E-state index in [2.05, 4.69) is 0 Å². The van der Waals surface area contributed by atoms with Gasteiger partial charge in [0, 0.05) is 0 Å². The smallest absolute Gasteiger partial charge is 0.318 e. The molecule has 0 radical (unpaired) electrons. The molecule has 1 aliphatic rings. The summed E-state index contributed by atoms with van der Waals surface area (Å²) in [6, 6.07) is 4.92. The van der Waals surface area contributed by atoms with E-state index in [0.717, 1.165) is 0 Å². The van der Waals surface area contributed by atoms with Gasteiger partial charge in [0.05, 0.1) is 0 Å². The molecule has 18 heavy (non-hydrogen) atoms. The monoisotopic (exact) mass is 252 g/mol. The molecular formula is C12H12O6. The van der Waals surface area contributed by atoms with Crippen molar-refractivity contribution in [2.24, 2.45) is 5.92 Å². The summed E-state index contributed by atoms with van der Waals surface area (Å²) >= 11 is 0. The van der Waals surface area contributed by atoms with Crippen molar-refractivity contribution >= 4 is 11.9 Å². The number of aliphatic carboxylic acids is 2. The van der Waals surface area contributed by atoms with Crippen LogP contribution in [0.15, 0.2) is 18.2 Å². The summed E-state index contributed by atoms with van der Waals surface area (Å²) < 4.78 is 10.7. The number of rotatable bonds is 4. The Hall–Kier alpha value is -2.24. The second-order valence-corrected chi connectivity index (χ2v) is 3.91. The molecule has 0 bridgehead atoms.